The van der Waals surface area contributed by atoms with Crippen LogP contribution in [-0.4, -0.2) is 18.4 Å². The van der Waals surface area contributed by atoms with Crippen LogP contribution in [0.1, 0.15) is 11.1 Å². The molecule has 10 heteroatoms. The van der Waals surface area contributed by atoms with Gasteiger partial charge in [0, 0.05) is 22.0 Å². The first-order chi connectivity index (χ1) is 16.7. The van der Waals surface area contributed by atoms with Crippen LogP contribution >= 0.6 is 11.6 Å². The molecule has 0 radical (unpaired) electrons. The van der Waals surface area contributed by atoms with Gasteiger partial charge in [0.2, 0.25) is 0 Å². The number of rotatable bonds is 7. The number of anilines is 2. The molecule has 2 amide bonds. The molecule has 0 unspecified atom stereocenters. The Kier molecular flexibility index (Phi) is 8.12. The molecule has 3 rings (SSSR count). The third kappa shape index (κ3) is 7.35. The first kappa shape index (κ1) is 25.3. The highest BCUT2D eigenvalue weighted by atomic mass is 35.5. The second-order valence-corrected chi connectivity index (χ2v) is 7.52. The van der Waals surface area contributed by atoms with Crippen molar-refractivity contribution in [2.24, 2.45) is 0 Å². The molecule has 0 saturated carbocycles. The van der Waals surface area contributed by atoms with Gasteiger partial charge in [-0.2, -0.15) is 18.4 Å². The van der Waals surface area contributed by atoms with Crippen molar-refractivity contribution in [2.45, 2.75) is 6.18 Å². The van der Waals surface area contributed by atoms with Crippen LogP contribution in [-0.2, 0) is 15.8 Å². The summed E-state index contributed by atoms with van der Waals surface area (Å²) in [7, 11) is 0. The van der Waals surface area contributed by atoms with E-state index >= 15 is 0 Å². The maximum Gasteiger partial charge on any atom is 0.416 e. The van der Waals surface area contributed by atoms with E-state index in [4.69, 9.17) is 16.3 Å². The monoisotopic (exact) mass is 499 g/mol. The number of nitriles is 1. The first-order valence-electron chi connectivity index (χ1n) is 10.0. The Bertz CT molecular complexity index is 1300. The van der Waals surface area contributed by atoms with Gasteiger partial charge in [0.15, 0.2) is 6.61 Å². The number of amides is 2. The number of carbonyl (C=O) groups is 2. The molecule has 0 aliphatic heterocycles. The number of nitrogens with zero attached hydrogens (tertiary/aromatic N) is 1. The van der Waals surface area contributed by atoms with Gasteiger partial charge in [-0.25, -0.2) is 0 Å². The van der Waals surface area contributed by atoms with Crippen LogP contribution in [0.5, 0.6) is 5.75 Å². The van der Waals surface area contributed by atoms with Gasteiger partial charge in [-0.15, -0.1) is 0 Å². The molecule has 35 heavy (non-hydrogen) atoms. The number of hydrogen-bond acceptors (Lipinski definition) is 4. The summed E-state index contributed by atoms with van der Waals surface area (Å²) in [5.41, 5.74) is -0.692. The van der Waals surface area contributed by atoms with Gasteiger partial charge in [0.1, 0.15) is 17.4 Å². The van der Waals surface area contributed by atoms with Crippen molar-refractivity contribution < 1.29 is 27.5 Å². The summed E-state index contributed by atoms with van der Waals surface area (Å²) >= 11 is 6.03. The average molecular weight is 500 g/mol. The zero-order valence-electron chi connectivity index (χ0n) is 17.9. The molecular formula is C25H17ClF3N3O3. The van der Waals surface area contributed by atoms with E-state index in [0.717, 1.165) is 18.2 Å². The number of carbonyl (C=O) groups excluding carboxylic acids is 2. The van der Waals surface area contributed by atoms with Gasteiger partial charge in [-0.05, 0) is 54.6 Å². The minimum absolute atomic E-state index is 0.133. The minimum Gasteiger partial charge on any atom is -0.483 e. The molecule has 0 heterocycles. The van der Waals surface area contributed by atoms with E-state index in [0.29, 0.717) is 5.69 Å². The number of nitrogens with one attached hydrogen (secondary N) is 2. The van der Waals surface area contributed by atoms with Crippen LogP contribution in [0.3, 0.4) is 0 Å². The summed E-state index contributed by atoms with van der Waals surface area (Å²) in [4.78, 5) is 24.7. The third-order valence-electron chi connectivity index (χ3n) is 4.50. The molecule has 0 aliphatic carbocycles. The zero-order valence-corrected chi connectivity index (χ0v) is 18.7. The van der Waals surface area contributed by atoms with Crippen LogP contribution < -0.4 is 15.4 Å². The molecule has 3 aromatic rings. The van der Waals surface area contributed by atoms with Crippen LogP contribution in [0.2, 0.25) is 5.02 Å². The largest absolute Gasteiger partial charge is 0.483 e. The highest BCUT2D eigenvalue weighted by Gasteiger charge is 2.30. The van der Waals surface area contributed by atoms with Crippen molar-refractivity contribution >= 4 is 40.9 Å². The molecule has 6 nitrogen and oxygen atoms in total. The van der Waals surface area contributed by atoms with E-state index in [1.165, 1.54) is 30.3 Å². The summed E-state index contributed by atoms with van der Waals surface area (Å²) in [6.45, 7) is -0.365. The number of hydrogen-bond donors (Lipinski definition) is 2. The van der Waals surface area contributed by atoms with Crippen molar-refractivity contribution in [3.8, 4) is 11.8 Å². The molecule has 0 aromatic heterocycles. The topological polar surface area (TPSA) is 91.2 Å². The van der Waals surface area contributed by atoms with E-state index in [1.54, 1.807) is 36.4 Å². The molecule has 178 valence electrons. The average Bonchev–Trinajstić information content (AvgIpc) is 2.82. The highest BCUT2D eigenvalue weighted by Crippen LogP contribution is 2.31. The maximum absolute atomic E-state index is 12.9. The fraction of sp³-hybridized carbons (Fsp3) is 0.0800. The second kappa shape index (κ2) is 11.2. The van der Waals surface area contributed by atoms with E-state index in [1.807, 2.05) is 0 Å². The van der Waals surface area contributed by atoms with Crippen LogP contribution in [0.4, 0.5) is 24.5 Å². The fourth-order valence-corrected chi connectivity index (χ4v) is 3.08. The molecule has 0 spiro atoms. The SMILES string of the molecule is N#C/C(=C\c1cc(Cl)ccc1OCC(=O)Nc1ccccc1)C(=O)Nc1cccc(C(F)(F)F)c1. The van der Waals surface area contributed by atoms with E-state index in [2.05, 4.69) is 10.6 Å². The molecule has 0 bridgehead atoms. The van der Waals surface area contributed by atoms with Gasteiger partial charge < -0.3 is 15.4 Å². The number of para-hydroxylation sites is 1. The Morgan fingerprint density at radius 2 is 1.69 bits per heavy atom. The van der Waals surface area contributed by atoms with Gasteiger partial charge >= 0.3 is 6.18 Å². The van der Waals surface area contributed by atoms with E-state index in [-0.39, 0.29) is 28.6 Å². The predicted octanol–water partition coefficient (Wildman–Crippen LogP) is 5.92. The van der Waals surface area contributed by atoms with Crippen LogP contribution in [0, 0.1) is 11.3 Å². The minimum atomic E-state index is -4.59. The normalized spacial score (nSPS) is 11.3. The van der Waals surface area contributed by atoms with Gasteiger partial charge in [-0.1, -0.05) is 35.9 Å². The van der Waals surface area contributed by atoms with Crippen molar-refractivity contribution in [2.75, 3.05) is 17.2 Å². The lowest BCUT2D eigenvalue weighted by atomic mass is 10.1. The van der Waals surface area contributed by atoms with E-state index in [9.17, 15) is 28.0 Å². The number of alkyl halides is 3. The lowest BCUT2D eigenvalue weighted by Crippen LogP contribution is -2.20. The summed E-state index contributed by atoms with van der Waals surface area (Å²) in [6, 6.07) is 18.8. The van der Waals surface area contributed by atoms with Gasteiger partial charge in [0.05, 0.1) is 5.56 Å². The van der Waals surface area contributed by atoms with Crippen LogP contribution in [0.15, 0.2) is 78.4 Å². The smallest absolute Gasteiger partial charge is 0.416 e. The molecule has 0 saturated heterocycles. The standard InChI is InChI=1S/C25H17ClF3N3O3/c26-19-9-10-22(35-15-23(33)31-20-6-2-1-3-7-20)16(12-19)11-17(14-30)24(34)32-21-8-4-5-18(13-21)25(27,28)29/h1-13H,15H2,(H,31,33)(H,32,34)/b17-11+. The lowest BCUT2D eigenvalue weighted by molar-refractivity contribution is -0.137. The summed E-state index contributed by atoms with van der Waals surface area (Å²) in [5.74, 6) is -1.21. The molecule has 3 aromatic carbocycles. The molecule has 2 N–H and O–H groups in total. The summed E-state index contributed by atoms with van der Waals surface area (Å²) < 4.78 is 44.3. The number of ether oxygens (including phenoxy) is 1. The second-order valence-electron chi connectivity index (χ2n) is 7.09. The number of halogens is 4. The zero-order chi connectivity index (χ0) is 25.4. The van der Waals surface area contributed by atoms with Gasteiger partial charge in [0.25, 0.3) is 11.8 Å². The molecule has 0 fully saturated rings. The quantitative estimate of drug-likeness (QED) is 0.312. The van der Waals surface area contributed by atoms with Crippen LogP contribution in [0.25, 0.3) is 6.08 Å². The van der Waals surface area contributed by atoms with Crippen molar-refractivity contribution in [3.05, 3.63) is 94.5 Å². The fourth-order valence-electron chi connectivity index (χ4n) is 2.90. The number of benzene rings is 3. The first-order valence-corrected chi connectivity index (χ1v) is 10.4. The summed E-state index contributed by atoms with van der Waals surface area (Å²) in [6.07, 6.45) is -3.42. The van der Waals surface area contributed by atoms with Crippen molar-refractivity contribution in [3.63, 3.8) is 0 Å². The Morgan fingerprint density at radius 1 is 0.971 bits per heavy atom. The Balaban J connectivity index is 1.76. The van der Waals surface area contributed by atoms with Gasteiger partial charge in [-0.3, -0.25) is 9.59 Å². The third-order valence-corrected chi connectivity index (χ3v) is 4.74. The molecular weight excluding hydrogens is 483 g/mol. The Hall–Kier alpha value is -4.29. The predicted molar refractivity (Wildman–Crippen MR) is 126 cm³/mol. The molecule has 0 atom stereocenters. The summed E-state index contributed by atoms with van der Waals surface area (Å²) in [5, 5.41) is 14.7. The maximum atomic E-state index is 12.9. The molecule has 0 aliphatic rings. The van der Waals surface area contributed by atoms with Crippen molar-refractivity contribution in [1.29, 1.82) is 5.26 Å². The highest BCUT2D eigenvalue weighted by molar-refractivity contribution is 6.30. The lowest BCUT2D eigenvalue weighted by Gasteiger charge is -2.11. The van der Waals surface area contributed by atoms with E-state index < -0.39 is 29.1 Å². The Morgan fingerprint density at radius 3 is 2.37 bits per heavy atom. The van der Waals surface area contributed by atoms with Crippen molar-refractivity contribution in [1.82, 2.24) is 0 Å². The Labute approximate surface area is 203 Å².